The van der Waals surface area contributed by atoms with Crippen LogP contribution in [0.4, 0.5) is 5.69 Å². The molecule has 1 saturated carbocycles. The van der Waals surface area contributed by atoms with E-state index < -0.39 is 16.1 Å². The second kappa shape index (κ2) is 12.4. The van der Waals surface area contributed by atoms with E-state index in [1.165, 1.54) is 10.6 Å². The largest absolute Gasteiger partial charge is 0.352 e. The monoisotopic (exact) mass is 513 g/mol. The highest BCUT2D eigenvalue weighted by atomic mass is 32.2. The van der Waals surface area contributed by atoms with Gasteiger partial charge in [-0.25, -0.2) is 8.42 Å². The van der Waals surface area contributed by atoms with Gasteiger partial charge in [0.05, 0.1) is 11.9 Å². The first-order valence-electron chi connectivity index (χ1n) is 12.7. The van der Waals surface area contributed by atoms with Gasteiger partial charge in [0.15, 0.2) is 0 Å². The van der Waals surface area contributed by atoms with Crippen molar-refractivity contribution in [2.45, 2.75) is 77.9 Å². The van der Waals surface area contributed by atoms with Crippen molar-refractivity contribution in [2.24, 2.45) is 0 Å². The molecule has 3 rings (SSSR count). The summed E-state index contributed by atoms with van der Waals surface area (Å²) in [5.41, 5.74) is 3.50. The van der Waals surface area contributed by atoms with Crippen LogP contribution in [0.5, 0.6) is 0 Å². The van der Waals surface area contributed by atoms with Crippen LogP contribution in [-0.2, 0) is 26.2 Å². The standard InChI is InChI=1S/C28H39N3O4S/c1-21-17-22(2)19-26(18-21)31(36(4,34)35)16-10-15-27(32)30(20-24-11-6-5-7-12-24)23(3)28(33)29-25-13-8-9-14-25/h5-7,11-12,17-19,23,25H,8-10,13-16,20H2,1-4H3,(H,29,33)/t23-/m0/s1. The second-order valence-corrected chi connectivity index (χ2v) is 11.9. The highest BCUT2D eigenvalue weighted by Crippen LogP contribution is 2.23. The zero-order valence-corrected chi connectivity index (χ0v) is 22.7. The lowest BCUT2D eigenvalue weighted by molar-refractivity contribution is -0.141. The van der Waals surface area contributed by atoms with Crippen LogP contribution in [0.2, 0.25) is 0 Å². The number of nitrogens with one attached hydrogen (secondary N) is 1. The summed E-state index contributed by atoms with van der Waals surface area (Å²) in [5.74, 6) is -0.305. The van der Waals surface area contributed by atoms with Gasteiger partial charge in [-0.05, 0) is 68.9 Å². The number of hydrogen-bond donors (Lipinski definition) is 1. The van der Waals surface area contributed by atoms with E-state index in [4.69, 9.17) is 0 Å². The highest BCUT2D eigenvalue weighted by molar-refractivity contribution is 7.92. The Morgan fingerprint density at radius 2 is 1.64 bits per heavy atom. The molecule has 1 fully saturated rings. The predicted molar refractivity (Wildman–Crippen MR) is 144 cm³/mol. The smallest absolute Gasteiger partial charge is 0.242 e. The average Bonchev–Trinajstić information content (AvgIpc) is 3.32. The van der Waals surface area contributed by atoms with E-state index in [1.807, 2.05) is 62.4 Å². The number of benzene rings is 2. The van der Waals surface area contributed by atoms with E-state index in [2.05, 4.69) is 5.32 Å². The minimum Gasteiger partial charge on any atom is -0.352 e. The third-order valence-corrected chi connectivity index (χ3v) is 7.91. The molecule has 1 aliphatic carbocycles. The maximum Gasteiger partial charge on any atom is 0.242 e. The Balaban J connectivity index is 1.71. The number of sulfonamides is 1. The topological polar surface area (TPSA) is 86.8 Å². The van der Waals surface area contributed by atoms with Crippen LogP contribution >= 0.6 is 0 Å². The molecule has 1 aliphatic rings. The lowest BCUT2D eigenvalue weighted by Gasteiger charge is -2.30. The molecule has 0 heterocycles. The molecule has 0 bridgehead atoms. The maximum atomic E-state index is 13.4. The van der Waals surface area contributed by atoms with Crippen molar-refractivity contribution in [3.8, 4) is 0 Å². The molecule has 1 atom stereocenters. The molecule has 0 spiro atoms. The Labute approximate surface area is 215 Å². The SMILES string of the molecule is Cc1cc(C)cc(N(CCCC(=O)N(Cc2ccccc2)[C@@H](C)C(=O)NC2CCCC2)S(C)(=O)=O)c1. The van der Waals surface area contributed by atoms with Gasteiger partial charge in [0, 0.05) is 25.6 Å². The Kier molecular flexibility index (Phi) is 9.54. The van der Waals surface area contributed by atoms with Crippen LogP contribution < -0.4 is 9.62 Å². The van der Waals surface area contributed by atoms with Crippen LogP contribution in [0.3, 0.4) is 0 Å². The molecule has 0 unspecified atom stereocenters. The third kappa shape index (κ3) is 7.82. The average molecular weight is 514 g/mol. The summed E-state index contributed by atoms with van der Waals surface area (Å²) >= 11 is 0. The molecule has 7 nitrogen and oxygen atoms in total. The summed E-state index contributed by atoms with van der Waals surface area (Å²) in [6.45, 7) is 6.14. The lowest BCUT2D eigenvalue weighted by atomic mass is 10.1. The summed E-state index contributed by atoms with van der Waals surface area (Å²) in [4.78, 5) is 28.0. The minimum atomic E-state index is -3.52. The molecule has 1 N–H and O–H groups in total. The van der Waals surface area contributed by atoms with Gasteiger partial charge in [-0.2, -0.15) is 0 Å². The number of carbonyl (C=O) groups is 2. The van der Waals surface area contributed by atoms with E-state index in [9.17, 15) is 18.0 Å². The van der Waals surface area contributed by atoms with Gasteiger partial charge in [-0.15, -0.1) is 0 Å². The molecule has 2 aromatic carbocycles. The van der Waals surface area contributed by atoms with Crippen LogP contribution in [0, 0.1) is 13.8 Å². The van der Waals surface area contributed by atoms with Crippen LogP contribution in [-0.4, -0.2) is 50.0 Å². The molecule has 0 saturated heterocycles. The third-order valence-electron chi connectivity index (χ3n) is 6.71. The van der Waals surface area contributed by atoms with Gasteiger partial charge in [0.2, 0.25) is 21.8 Å². The Morgan fingerprint density at radius 3 is 2.22 bits per heavy atom. The Hall–Kier alpha value is -2.87. The fourth-order valence-electron chi connectivity index (χ4n) is 4.85. The van der Waals surface area contributed by atoms with Gasteiger partial charge in [-0.3, -0.25) is 13.9 Å². The fraction of sp³-hybridized carbons (Fsp3) is 0.500. The zero-order chi connectivity index (χ0) is 26.3. The molecule has 0 radical (unpaired) electrons. The maximum absolute atomic E-state index is 13.4. The first-order valence-corrected chi connectivity index (χ1v) is 14.6. The van der Waals surface area contributed by atoms with E-state index in [1.54, 1.807) is 11.8 Å². The Morgan fingerprint density at radius 1 is 1.03 bits per heavy atom. The van der Waals surface area contributed by atoms with Crippen molar-refractivity contribution in [1.82, 2.24) is 10.2 Å². The van der Waals surface area contributed by atoms with E-state index >= 15 is 0 Å². The molecule has 8 heteroatoms. The molecule has 2 amide bonds. The zero-order valence-electron chi connectivity index (χ0n) is 21.9. The number of carbonyl (C=O) groups excluding carboxylic acids is 2. The van der Waals surface area contributed by atoms with Gasteiger partial charge in [0.1, 0.15) is 6.04 Å². The van der Waals surface area contributed by atoms with Crippen LogP contribution in [0.25, 0.3) is 0 Å². The summed E-state index contributed by atoms with van der Waals surface area (Å²) in [7, 11) is -3.52. The number of anilines is 1. The van der Waals surface area contributed by atoms with Gasteiger partial charge in [-0.1, -0.05) is 49.2 Å². The van der Waals surface area contributed by atoms with Gasteiger partial charge < -0.3 is 10.2 Å². The van der Waals surface area contributed by atoms with E-state index in [0.29, 0.717) is 18.7 Å². The van der Waals surface area contributed by atoms with Crippen molar-refractivity contribution >= 4 is 27.5 Å². The molecular weight excluding hydrogens is 474 g/mol. The summed E-state index contributed by atoms with van der Waals surface area (Å²) < 4.78 is 26.4. The number of nitrogens with zero attached hydrogens (tertiary/aromatic N) is 2. The van der Waals surface area contributed by atoms with E-state index in [0.717, 1.165) is 42.4 Å². The number of rotatable bonds is 11. The van der Waals surface area contributed by atoms with Gasteiger partial charge in [0.25, 0.3) is 0 Å². The van der Waals surface area contributed by atoms with Crippen molar-refractivity contribution in [1.29, 1.82) is 0 Å². The summed E-state index contributed by atoms with van der Waals surface area (Å²) in [6, 6.07) is 14.8. The van der Waals surface area contributed by atoms with Crippen molar-refractivity contribution in [3.63, 3.8) is 0 Å². The molecule has 2 aromatic rings. The van der Waals surface area contributed by atoms with Gasteiger partial charge >= 0.3 is 0 Å². The molecular formula is C28H39N3O4S. The number of aryl methyl sites for hydroxylation is 2. The van der Waals surface area contributed by atoms with Crippen LogP contribution in [0.1, 0.15) is 62.1 Å². The molecule has 196 valence electrons. The summed E-state index contributed by atoms with van der Waals surface area (Å²) in [6.07, 6.45) is 5.86. The normalized spacial score (nSPS) is 14.9. The Bertz CT molecular complexity index is 1120. The number of amides is 2. The number of hydrogen-bond acceptors (Lipinski definition) is 4. The van der Waals surface area contributed by atoms with Crippen molar-refractivity contribution in [3.05, 3.63) is 65.2 Å². The quantitative estimate of drug-likeness (QED) is 0.485. The molecule has 36 heavy (non-hydrogen) atoms. The lowest BCUT2D eigenvalue weighted by Crippen LogP contribution is -2.49. The minimum absolute atomic E-state index is 0.140. The van der Waals surface area contributed by atoms with Crippen molar-refractivity contribution in [2.75, 3.05) is 17.1 Å². The second-order valence-electron chi connectivity index (χ2n) is 9.96. The predicted octanol–water partition coefficient (Wildman–Crippen LogP) is 4.33. The fourth-order valence-corrected chi connectivity index (χ4v) is 5.80. The van der Waals surface area contributed by atoms with Crippen molar-refractivity contribution < 1.29 is 18.0 Å². The molecule has 0 aromatic heterocycles. The molecule has 0 aliphatic heterocycles. The van der Waals surface area contributed by atoms with Crippen LogP contribution in [0.15, 0.2) is 48.5 Å². The first kappa shape index (κ1) is 27.7. The highest BCUT2D eigenvalue weighted by Gasteiger charge is 2.28. The summed E-state index contributed by atoms with van der Waals surface area (Å²) in [5, 5.41) is 3.11. The first-order chi connectivity index (χ1) is 17.0. The van der Waals surface area contributed by atoms with E-state index in [-0.39, 0.29) is 30.8 Å².